The summed E-state index contributed by atoms with van der Waals surface area (Å²) < 4.78 is 7.24. The lowest BCUT2D eigenvalue weighted by molar-refractivity contribution is -0.114. The minimum atomic E-state index is -0.203. The Bertz CT molecular complexity index is 1230. The summed E-state index contributed by atoms with van der Waals surface area (Å²) in [5.41, 5.74) is 3.67. The Morgan fingerprint density at radius 3 is 2.77 bits per heavy atom. The van der Waals surface area contributed by atoms with Crippen molar-refractivity contribution in [3.8, 4) is 34.1 Å². The van der Waals surface area contributed by atoms with Crippen molar-refractivity contribution in [2.45, 2.75) is 20.8 Å². The molecule has 0 atom stereocenters. The van der Waals surface area contributed by atoms with Gasteiger partial charge in [0.1, 0.15) is 23.6 Å². The highest BCUT2D eigenvalue weighted by molar-refractivity contribution is 6.33. The molecule has 3 heterocycles. The molecule has 2 N–H and O–H groups in total. The third kappa shape index (κ3) is 4.26. The molecule has 31 heavy (non-hydrogen) atoms. The number of benzene rings is 1. The summed E-state index contributed by atoms with van der Waals surface area (Å²) in [4.78, 5) is 20.0. The predicted octanol–water partition coefficient (Wildman–Crippen LogP) is 4.04. The molecule has 3 aromatic heterocycles. The molecule has 0 radical (unpaired) electrons. The molecule has 158 valence electrons. The molecule has 4 rings (SSSR count). The fourth-order valence-corrected chi connectivity index (χ4v) is 3.41. The van der Waals surface area contributed by atoms with Crippen molar-refractivity contribution in [1.82, 2.24) is 29.9 Å². The average Bonchev–Trinajstić information content (AvgIpc) is 3.39. The number of ether oxygens (including phenoxy) is 1. The van der Waals surface area contributed by atoms with Crippen molar-refractivity contribution in [3.05, 3.63) is 53.6 Å². The number of carbonyl (C=O) groups is 1. The first kappa shape index (κ1) is 20.5. The van der Waals surface area contributed by atoms with Crippen LogP contribution in [0, 0.1) is 6.92 Å². The largest absolute Gasteiger partial charge is 0.494 e. The number of nitrogens with zero attached hydrogens (tertiary/aromatic N) is 5. The number of anilines is 1. The van der Waals surface area contributed by atoms with E-state index in [2.05, 4.69) is 25.5 Å². The minimum Gasteiger partial charge on any atom is -0.494 e. The van der Waals surface area contributed by atoms with Crippen molar-refractivity contribution in [2.24, 2.45) is 0 Å². The third-order valence-electron chi connectivity index (χ3n) is 4.50. The van der Waals surface area contributed by atoms with Gasteiger partial charge in [-0.05, 0) is 37.6 Å². The maximum atomic E-state index is 11.4. The molecule has 9 nitrogen and oxygen atoms in total. The Labute approximate surface area is 183 Å². The summed E-state index contributed by atoms with van der Waals surface area (Å²) in [6.07, 6.45) is 5.01. The first-order chi connectivity index (χ1) is 15.0. The van der Waals surface area contributed by atoms with Crippen LogP contribution in [0.3, 0.4) is 0 Å². The summed E-state index contributed by atoms with van der Waals surface area (Å²) in [5.74, 6) is 1.40. The first-order valence-corrected chi connectivity index (χ1v) is 9.97. The standard InChI is InChI=1S/C21H20ClN7O2/c1-4-31-14-5-6-15(17(22)7-14)20-16(21-24-11-25-27-21)10-29(28-20)18-8-19(26-13(3)30)23-9-12(18)2/h5-11H,4H2,1-3H3,(H,23,26,30)(H,24,25,27). The molecule has 0 aliphatic rings. The van der Waals surface area contributed by atoms with Crippen molar-refractivity contribution in [3.63, 3.8) is 0 Å². The maximum Gasteiger partial charge on any atom is 0.222 e. The van der Waals surface area contributed by atoms with Crippen LogP contribution in [0.5, 0.6) is 5.75 Å². The van der Waals surface area contributed by atoms with Gasteiger partial charge in [0.15, 0.2) is 5.82 Å². The monoisotopic (exact) mass is 437 g/mol. The number of rotatable bonds is 6. The zero-order valence-corrected chi connectivity index (χ0v) is 17.9. The number of aromatic nitrogens is 6. The zero-order chi connectivity index (χ0) is 22.0. The van der Waals surface area contributed by atoms with Gasteiger partial charge in [0.25, 0.3) is 0 Å². The van der Waals surface area contributed by atoms with Gasteiger partial charge in [-0.2, -0.15) is 10.2 Å². The van der Waals surface area contributed by atoms with Crippen molar-refractivity contribution >= 4 is 23.3 Å². The van der Waals surface area contributed by atoms with Crippen molar-refractivity contribution < 1.29 is 9.53 Å². The molecule has 0 fully saturated rings. The molecule has 0 saturated heterocycles. The van der Waals surface area contributed by atoms with E-state index < -0.39 is 0 Å². The van der Waals surface area contributed by atoms with Gasteiger partial charge in [-0.15, -0.1) is 0 Å². The van der Waals surface area contributed by atoms with Crippen LogP contribution in [0.4, 0.5) is 5.82 Å². The van der Waals surface area contributed by atoms with Gasteiger partial charge in [-0.3, -0.25) is 9.89 Å². The lowest BCUT2D eigenvalue weighted by Gasteiger charge is -2.09. The van der Waals surface area contributed by atoms with E-state index in [-0.39, 0.29) is 5.91 Å². The number of aryl methyl sites for hydroxylation is 1. The molecule has 0 saturated carbocycles. The smallest absolute Gasteiger partial charge is 0.222 e. The number of pyridine rings is 1. The quantitative estimate of drug-likeness (QED) is 0.471. The molecule has 1 aromatic carbocycles. The van der Waals surface area contributed by atoms with Crippen LogP contribution in [-0.2, 0) is 4.79 Å². The Hall–Kier alpha value is -3.72. The van der Waals surface area contributed by atoms with Gasteiger partial charge in [0, 0.05) is 30.9 Å². The number of hydrogen-bond donors (Lipinski definition) is 2. The third-order valence-corrected chi connectivity index (χ3v) is 4.82. The number of aromatic amines is 1. The summed E-state index contributed by atoms with van der Waals surface area (Å²) in [7, 11) is 0. The van der Waals surface area contributed by atoms with Crippen molar-refractivity contribution in [2.75, 3.05) is 11.9 Å². The van der Waals surface area contributed by atoms with E-state index in [1.54, 1.807) is 23.0 Å². The molecule has 0 aliphatic heterocycles. The number of nitrogens with one attached hydrogen (secondary N) is 2. The molecule has 0 unspecified atom stereocenters. The highest BCUT2D eigenvalue weighted by Gasteiger charge is 2.20. The molecular weight excluding hydrogens is 418 g/mol. The van der Waals surface area contributed by atoms with E-state index in [0.717, 1.165) is 16.8 Å². The van der Waals surface area contributed by atoms with E-state index in [0.29, 0.717) is 40.3 Å². The number of carbonyl (C=O) groups excluding carboxylic acids is 1. The van der Waals surface area contributed by atoms with E-state index in [1.807, 2.05) is 32.2 Å². The molecule has 0 spiro atoms. The lowest BCUT2D eigenvalue weighted by atomic mass is 10.1. The van der Waals surface area contributed by atoms with Crippen molar-refractivity contribution in [1.29, 1.82) is 0 Å². The van der Waals surface area contributed by atoms with Crippen LogP contribution in [-0.4, -0.2) is 42.5 Å². The van der Waals surface area contributed by atoms with Crippen LogP contribution in [0.15, 0.2) is 43.0 Å². The fourth-order valence-electron chi connectivity index (χ4n) is 3.15. The molecule has 4 aromatic rings. The van der Waals surface area contributed by atoms with E-state index in [4.69, 9.17) is 21.4 Å². The Kier molecular flexibility index (Phi) is 5.68. The second-order valence-corrected chi connectivity index (χ2v) is 7.18. The highest BCUT2D eigenvalue weighted by Crippen LogP contribution is 2.36. The lowest BCUT2D eigenvalue weighted by Crippen LogP contribution is -2.09. The molecule has 0 bridgehead atoms. The zero-order valence-electron chi connectivity index (χ0n) is 17.2. The molecular formula is C21H20ClN7O2. The summed E-state index contributed by atoms with van der Waals surface area (Å²) in [5, 5.41) is 14.9. The SMILES string of the molecule is CCOc1ccc(-c2nn(-c3cc(NC(C)=O)ncc3C)cc2-c2nc[nH]n2)c(Cl)c1. The molecule has 10 heteroatoms. The maximum absolute atomic E-state index is 11.4. The van der Waals surface area contributed by atoms with Crippen LogP contribution < -0.4 is 10.1 Å². The van der Waals surface area contributed by atoms with E-state index >= 15 is 0 Å². The van der Waals surface area contributed by atoms with Gasteiger partial charge in [-0.25, -0.2) is 14.6 Å². The highest BCUT2D eigenvalue weighted by atomic mass is 35.5. The Balaban J connectivity index is 1.86. The van der Waals surface area contributed by atoms with Gasteiger partial charge in [0.05, 0.1) is 22.9 Å². The van der Waals surface area contributed by atoms with Crippen LogP contribution >= 0.6 is 11.6 Å². The summed E-state index contributed by atoms with van der Waals surface area (Å²) >= 11 is 6.57. The number of halogens is 1. The van der Waals surface area contributed by atoms with Crippen LogP contribution in [0.25, 0.3) is 28.3 Å². The normalized spacial score (nSPS) is 10.8. The number of H-pyrrole nitrogens is 1. The predicted molar refractivity (Wildman–Crippen MR) is 117 cm³/mol. The second kappa shape index (κ2) is 8.57. The summed E-state index contributed by atoms with van der Waals surface area (Å²) in [6.45, 7) is 5.81. The number of hydrogen-bond acceptors (Lipinski definition) is 6. The fraction of sp³-hybridized carbons (Fsp3) is 0.190. The van der Waals surface area contributed by atoms with Crippen LogP contribution in [0.2, 0.25) is 5.02 Å². The first-order valence-electron chi connectivity index (χ1n) is 9.59. The second-order valence-electron chi connectivity index (χ2n) is 6.77. The van der Waals surface area contributed by atoms with E-state index in [1.165, 1.54) is 13.3 Å². The van der Waals surface area contributed by atoms with Gasteiger partial charge < -0.3 is 10.1 Å². The molecule has 0 aliphatic carbocycles. The summed E-state index contributed by atoms with van der Waals surface area (Å²) in [6, 6.07) is 7.22. The average molecular weight is 438 g/mol. The topological polar surface area (TPSA) is 111 Å². The van der Waals surface area contributed by atoms with Gasteiger partial charge in [-0.1, -0.05) is 11.6 Å². The van der Waals surface area contributed by atoms with Crippen LogP contribution in [0.1, 0.15) is 19.4 Å². The minimum absolute atomic E-state index is 0.203. The van der Waals surface area contributed by atoms with Gasteiger partial charge in [0.2, 0.25) is 5.91 Å². The Morgan fingerprint density at radius 1 is 1.26 bits per heavy atom. The Morgan fingerprint density at radius 2 is 2.10 bits per heavy atom. The van der Waals surface area contributed by atoms with Gasteiger partial charge >= 0.3 is 0 Å². The van der Waals surface area contributed by atoms with E-state index in [9.17, 15) is 4.79 Å². The molecule has 1 amide bonds. The number of amides is 1.